The third kappa shape index (κ3) is 5.02. The van der Waals surface area contributed by atoms with Crippen molar-refractivity contribution in [3.8, 4) is 5.75 Å². The fourth-order valence-electron chi connectivity index (χ4n) is 3.22. The summed E-state index contributed by atoms with van der Waals surface area (Å²) in [6.07, 6.45) is 0.407. The van der Waals surface area contributed by atoms with Gasteiger partial charge in [-0.1, -0.05) is 31.2 Å². The minimum absolute atomic E-state index is 0.00756. The number of epoxide rings is 2. The molecule has 0 saturated carbocycles. The van der Waals surface area contributed by atoms with Crippen LogP contribution < -0.4 is 4.74 Å². The predicted octanol–water partition coefficient (Wildman–Crippen LogP) is 5.21. The smallest absolute Gasteiger partial charge is 0.339 e. The quantitative estimate of drug-likeness (QED) is 0.355. The summed E-state index contributed by atoms with van der Waals surface area (Å²) in [6, 6.07) is 9.36. The van der Waals surface area contributed by atoms with Gasteiger partial charge >= 0.3 is 11.8 Å². The molecule has 0 spiro atoms. The molecule has 3 unspecified atom stereocenters. The maximum Gasteiger partial charge on any atom is 0.339 e. The highest BCUT2D eigenvalue weighted by molar-refractivity contribution is 5.35. The standard InChI is InChI=1S/C23H24F4O4/c1-2-21(31-14-20-13-30-20)15-3-5-16(6-4-15)22(24,25)23(26,27)17-7-9-18(10-8-17)28-11-19-12-29-19/h3-10,19-21H,2,11-14H2,1H3. The van der Waals surface area contributed by atoms with E-state index in [0.717, 1.165) is 24.3 Å². The van der Waals surface area contributed by atoms with Crippen LogP contribution in [0.4, 0.5) is 17.6 Å². The van der Waals surface area contributed by atoms with Crippen molar-refractivity contribution in [2.24, 2.45) is 0 Å². The Labute approximate surface area is 178 Å². The lowest BCUT2D eigenvalue weighted by molar-refractivity contribution is -0.223. The summed E-state index contributed by atoms with van der Waals surface area (Å²) < 4.78 is 80.4. The fourth-order valence-corrected chi connectivity index (χ4v) is 3.22. The van der Waals surface area contributed by atoms with Gasteiger partial charge in [-0.2, -0.15) is 17.6 Å². The molecule has 2 aromatic carbocycles. The first kappa shape index (κ1) is 22.0. The van der Waals surface area contributed by atoms with Crippen LogP contribution in [0.15, 0.2) is 48.5 Å². The van der Waals surface area contributed by atoms with E-state index in [4.69, 9.17) is 18.9 Å². The van der Waals surface area contributed by atoms with E-state index in [0.29, 0.717) is 44.2 Å². The lowest BCUT2D eigenvalue weighted by Gasteiger charge is -2.28. The monoisotopic (exact) mass is 440 g/mol. The molecule has 4 nitrogen and oxygen atoms in total. The number of hydrogen-bond acceptors (Lipinski definition) is 4. The molecule has 2 aromatic rings. The average molecular weight is 440 g/mol. The van der Waals surface area contributed by atoms with Crippen LogP contribution >= 0.6 is 0 Å². The van der Waals surface area contributed by atoms with Gasteiger partial charge in [-0.05, 0) is 36.2 Å². The first-order valence-corrected chi connectivity index (χ1v) is 10.3. The third-order valence-electron chi connectivity index (χ3n) is 5.35. The van der Waals surface area contributed by atoms with Crippen LogP contribution in [0.2, 0.25) is 0 Å². The van der Waals surface area contributed by atoms with E-state index >= 15 is 0 Å². The van der Waals surface area contributed by atoms with Gasteiger partial charge in [0.25, 0.3) is 0 Å². The largest absolute Gasteiger partial charge is 0.491 e. The van der Waals surface area contributed by atoms with Crippen LogP contribution in [0, 0.1) is 0 Å². The van der Waals surface area contributed by atoms with E-state index in [1.807, 2.05) is 6.92 Å². The van der Waals surface area contributed by atoms with E-state index < -0.39 is 23.0 Å². The molecule has 4 rings (SSSR count). The molecule has 2 saturated heterocycles. The molecular weight excluding hydrogens is 416 g/mol. The van der Waals surface area contributed by atoms with Gasteiger partial charge in [0.05, 0.1) is 25.9 Å². The van der Waals surface area contributed by atoms with Gasteiger partial charge in [0.15, 0.2) is 0 Å². The van der Waals surface area contributed by atoms with Crippen LogP contribution in [-0.4, -0.2) is 38.6 Å². The predicted molar refractivity (Wildman–Crippen MR) is 105 cm³/mol. The van der Waals surface area contributed by atoms with Crippen molar-refractivity contribution in [3.63, 3.8) is 0 Å². The van der Waals surface area contributed by atoms with Crippen molar-refractivity contribution in [3.05, 3.63) is 65.2 Å². The Kier molecular flexibility index (Phi) is 6.23. The lowest BCUT2D eigenvalue weighted by Crippen LogP contribution is -2.35. The second-order valence-corrected chi connectivity index (χ2v) is 7.75. The summed E-state index contributed by atoms with van der Waals surface area (Å²) in [5.74, 6) is -8.46. The normalized spacial score (nSPS) is 21.6. The fraction of sp³-hybridized carbons (Fsp3) is 0.478. The molecular formula is C23H24F4O4. The molecule has 0 N–H and O–H groups in total. The average Bonchev–Trinajstić information content (AvgIpc) is 3.68. The molecule has 8 heteroatoms. The molecule has 2 fully saturated rings. The van der Waals surface area contributed by atoms with Crippen molar-refractivity contribution in [2.75, 3.05) is 26.4 Å². The van der Waals surface area contributed by atoms with E-state index in [1.165, 1.54) is 24.3 Å². The van der Waals surface area contributed by atoms with Gasteiger partial charge in [-0.3, -0.25) is 0 Å². The second-order valence-electron chi connectivity index (χ2n) is 7.75. The summed E-state index contributed by atoms with van der Waals surface area (Å²) in [7, 11) is 0. The van der Waals surface area contributed by atoms with Crippen molar-refractivity contribution in [1.29, 1.82) is 0 Å². The van der Waals surface area contributed by atoms with Crippen molar-refractivity contribution < 1.29 is 36.5 Å². The number of benzene rings is 2. The molecule has 0 radical (unpaired) electrons. The molecule has 0 bridgehead atoms. The van der Waals surface area contributed by atoms with E-state index in [9.17, 15) is 17.6 Å². The van der Waals surface area contributed by atoms with Gasteiger partial charge in [-0.25, -0.2) is 0 Å². The minimum Gasteiger partial charge on any atom is -0.491 e. The van der Waals surface area contributed by atoms with Gasteiger partial charge in [0, 0.05) is 11.1 Å². The molecule has 2 heterocycles. The second kappa shape index (κ2) is 8.76. The summed E-state index contributed by atoms with van der Waals surface area (Å²) >= 11 is 0. The topological polar surface area (TPSA) is 43.5 Å². The molecule has 31 heavy (non-hydrogen) atoms. The Morgan fingerprint density at radius 3 is 1.81 bits per heavy atom. The number of ether oxygens (including phenoxy) is 4. The number of rotatable bonds is 11. The van der Waals surface area contributed by atoms with Crippen LogP contribution in [0.25, 0.3) is 0 Å². The highest BCUT2D eigenvalue weighted by Gasteiger charge is 2.58. The van der Waals surface area contributed by atoms with Crippen molar-refractivity contribution >= 4 is 0 Å². The van der Waals surface area contributed by atoms with Gasteiger partial charge in [0.2, 0.25) is 0 Å². The van der Waals surface area contributed by atoms with Crippen LogP contribution in [0.3, 0.4) is 0 Å². The summed E-state index contributed by atoms with van der Waals surface area (Å²) in [5.41, 5.74) is -0.879. The maximum atomic E-state index is 14.8. The SMILES string of the molecule is CCC(OCC1CO1)c1ccc(C(F)(F)C(F)(F)c2ccc(OCC3CO3)cc2)cc1. The highest BCUT2D eigenvalue weighted by Crippen LogP contribution is 2.49. The Morgan fingerprint density at radius 1 is 0.839 bits per heavy atom. The van der Waals surface area contributed by atoms with Crippen molar-refractivity contribution in [1.82, 2.24) is 0 Å². The lowest BCUT2D eigenvalue weighted by atomic mass is 9.94. The minimum atomic E-state index is -4.39. The number of alkyl halides is 4. The molecule has 3 atom stereocenters. The zero-order chi connectivity index (χ0) is 22.1. The summed E-state index contributed by atoms with van der Waals surface area (Å²) in [4.78, 5) is 0. The van der Waals surface area contributed by atoms with Gasteiger partial charge in [-0.15, -0.1) is 0 Å². The number of halogens is 4. The Balaban J connectivity index is 1.46. The van der Waals surface area contributed by atoms with Crippen LogP contribution in [0.5, 0.6) is 5.75 Å². The Morgan fingerprint density at radius 2 is 1.32 bits per heavy atom. The van der Waals surface area contributed by atoms with E-state index in [2.05, 4.69) is 0 Å². The van der Waals surface area contributed by atoms with Gasteiger partial charge in [0.1, 0.15) is 24.6 Å². The molecule has 0 amide bonds. The first-order chi connectivity index (χ1) is 14.8. The van der Waals surface area contributed by atoms with Crippen molar-refractivity contribution in [2.45, 2.75) is 43.5 Å². The highest BCUT2D eigenvalue weighted by atomic mass is 19.3. The maximum absolute atomic E-state index is 14.8. The molecule has 0 aliphatic carbocycles. The third-order valence-corrected chi connectivity index (χ3v) is 5.35. The van der Waals surface area contributed by atoms with Crippen LogP contribution in [-0.2, 0) is 26.1 Å². The van der Waals surface area contributed by atoms with E-state index in [1.54, 1.807) is 0 Å². The molecule has 168 valence electrons. The molecule has 0 aromatic heterocycles. The summed E-state index contributed by atoms with van der Waals surface area (Å²) in [6.45, 7) is 3.87. The van der Waals surface area contributed by atoms with E-state index in [-0.39, 0.29) is 18.3 Å². The molecule has 2 aliphatic rings. The zero-order valence-electron chi connectivity index (χ0n) is 17.0. The molecule has 2 aliphatic heterocycles. The Hall–Kier alpha value is -2.16. The Bertz CT molecular complexity index is 862. The van der Waals surface area contributed by atoms with Gasteiger partial charge < -0.3 is 18.9 Å². The number of hydrogen-bond donors (Lipinski definition) is 0. The first-order valence-electron chi connectivity index (χ1n) is 10.3. The zero-order valence-corrected chi connectivity index (χ0v) is 17.0. The summed E-state index contributed by atoms with van der Waals surface area (Å²) in [5, 5.41) is 0. The van der Waals surface area contributed by atoms with Crippen LogP contribution in [0.1, 0.15) is 36.1 Å².